The Kier molecular flexibility index (Phi) is 5.42. The molecule has 1 saturated carbocycles. The lowest BCUT2D eigenvalue weighted by atomic mass is 9.96. The van der Waals surface area contributed by atoms with Gasteiger partial charge in [-0.05, 0) is 75.2 Å². The molecule has 26 heavy (non-hydrogen) atoms. The highest BCUT2D eigenvalue weighted by Gasteiger charge is 2.44. The molecule has 2 aliphatic heterocycles. The van der Waals surface area contributed by atoms with Gasteiger partial charge >= 0.3 is 6.03 Å². The topological polar surface area (TPSA) is 35.6 Å². The molecule has 4 rings (SSSR count). The highest BCUT2D eigenvalue weighted by Crippen LogP contribution is 2.47. The van der Waals surface area contributed by atoms with Gasteiger partial charge in [-0.1, -0.05) is 23.7 Å². The zero-order valence-corrected chi connectivity index (χ0v) is 16.3. The van der Waals surface area contributed by atoms with E-state index in [1.165, 1.54) is 44.5 Å². The molecule has 2 heterocycles. The molecular formula is C21H30ClN3O. The molecule has 1 unspecified atom stereocenters. The Morgan fingerprint density at radius 2 is 1.85 bits per heavy atom. The van der Waals surface area contributed by atoms with Gasteiger partial charge in [-0.15, -0.1) is 0 Å². The summed E-state index contributed by atoms with van der Waals surface area (Å²) in [6, 6.07) is 8.23. The standard InChI is InChI=1S/C21H30ClN3O/c22-19-7-5-18(6-8-19)21(9-10-21)16-23-20(26)25-13-3-4-17(15-25)14-24-11-1-2-12-24/h5-8,17H,1-4,9-16H2,(H,23,26). The van der Waals surface area contributed by atoms with Gasteiger partial charge in [-0.2, -0.15) is 0 Å². The molecule has 3 fully saturated rings. The molecule has 3 aliphatic rings. The van der Waals surface area contributed by atoms with E-state index in [1.807, 2.05) is 17.0 Å². The van der Waals surface area contributed by atoms with Crippen LogP contribution in [0.3, 0.4) is 0 Å². The minimum atomic E-state index is 0.122. The Hall–Kier alpha value is -1.26. The second kappa shape index (κ2) is 7.77. The predicted octanol–water partition coefficient (Wildman–Crippen LogP) is 3.89. The smallest absolute Gasteiger partial charge is 0.317 e. The number of urea groups is 1. The second-order valence-corrected chi connectivity index (χ2v) is 8.84. The minimum Gasteiger partial charge on any atom is -0.337 e. The molecular weight excluding hydrogens is 346 g/mol. The summed E-state index contributed by atoms with van der Waals surface area (Å²) >= 11 is 6.01. The van der Waals surface area contributed by atoms with Crippen molar-refractivity contribution in [2.75, 3.05) is 39.3 Å². The van der Waals surface area contributed by atoms with Gasteiger partial charge in [0.25, 0.3) is 0 Å². The molecule has 0 spiro atoms. The molecule has 142 valence electrons. The lowest BCUT2D eigenvalue weighted by Crippen LogP contribution is -2.48. The Labute approximate surface area is 161 Å². The maximum Gasteiger partial charge on any atom is 0.317 e. The number of hydrogen-bond donors (Lipinski definition) is 1. The van der Waals surface area contributed by atoms with E-state index in [4.69, 9.17) is 11.6 Å². The molecule has 1 aromatic carbocycles. The summed E-state index contributed by atoms with van der Waals surface area (Å²) in [5.74, 6) is 0.638. The van der Waals surface area contributed by atoms with Crippen LogP contribution in [0.15, 0.2) is 24.3 Å². The van der Waals surface area contributed by atoms with Crippen LogP contribution in [0.1, 0.15) is 44.1 Å². The second-order valence-electron chi connectivity index (χ2n) is 8.41. The van der Waals surface area contributed by atoms with Gasteiger partial charge in [-0.3, -0.25) is 0 Å². The van der Waals surface area contributed by atoms with Crippen molar-refractivity contribution in [1.82, 2.24) is 15.1 Å². The predicted molar refractivity (Wildman–Crippen MR) is 106 cm³/mol. The Bertz CT molecular complexity index is 623. The van der Waals surface area contributed by atoms with Crippen LogP contribution in [0.25, 0.3) is 0 Å². The largest absolute Gasteiger partial charge is 0.337 e. The van der Waals surface area contributed by atoms with Crippen LogP contribution in [0.4, 0.5) is 4.79 Å². The molecule has 1 aromatic rings. The van der Waals surface area contributed by atoms with E-state index < -0.39 is 0 Å². The average Bonchev–Trinajstić information content (AvgIpc) is 3.28. The summed E-state index contributed by atoms with van der Waals surface area (Å²) in [6.45, 7) is 6.20. The van der Waals surface area contributed by atoms with Crippen LogP contribution >= 0.6 is 11.6 Å². The molecule has 0 aromatic heterocycles. The number of nitrogens with zero attached hydrogens (tertiary/aromatic N) is 2. The van der Waals surface area contributed by atoms with E-state index in [2.05, 4.69) is 22.3 Å². The molecule has 2 saturated heterocycles. The van der Waals surface area contributed by atoms with Gasteiger partial charge in [0, 0.05) is 36.6 Å². The van der Waals surface area contributed by atoms with Gasteiger partial charge in [-0.25, -0.2) is 4.79 Å². The lowest BCUT2D eigenvalue weighted by Gasteiger charge is -2.35. The number of rotatable bonds is 5. The van der Waals surface area contributed by atoms with Crippen LogP contribution in [0, 0.1) is 5.92 Å². The number of carbonyl (C=O) groups excluding carboxylic acids is 1. The zero-order chi connectivity index (χ0) is 18.0. The van der Waals surface area contributed by atoms with Crippen molar-refractivity contribution < 1.29 is 4.79 Å². The molecule has 2 amide bonds. The van der Waals surface area contributed by atoms with E-state index in [1.54, 1.807) is 0 Å². The number of halogens is 1. The Morgan fingerprint density at radius 1 is 1.12 bits per heavy atom. The highest BCUT2D eigenvalue weighted by molar-refractivity contribution is 6.30. The summed E-state index contributed by atoms with van der Waals surface area (Å²) in [4.78, 5) is 17.3. The number of likely N-dealkylation sites (tertiary alicyclic amines) is 2. The third kappa shape index (κ3) is 4.17. The van der Waals surface area contributed by atoms with Crippen molar-refractivity contribution in [3.63, 3.8) is 0 Å². The van der Waals surface area contributed by atoms with E-state index in [-0.39, 0.29) is 11.4 Å². The number of carbonyl (C=O) groups is 1. The highest BCUT2D eigenvalue weighted by atomic mass is 35.5. The number of hydrogen-bond acceptors (Lipinski definition) is 2. The van der Waals surface area contributed by atoms with Crippen LogP contribution in [-0.2, 0) is 5.41 Å². The first kappa shape index (κ1) is 18.1. The zero-order valence-electron chi connectivity index (χ0n) is 15.6. The van der Waals surface area contributed by atoms with E-state index in [9.17, 15) is 4.79 Å². The lowest BCUT2D eigenvalue weighted by molar-refractivity contribution is 0.146. The summed E-state index contributed by atoms with van der Waals surface area (Å²) < 4.78 is 0. The van der Waals surface area contributed by atoms with Crippen molar-refractivity contribution in [3.8, 4) is 0 Å². The maximum absolute atomic E-state index is 12.7. The number of nitrogens with one attached hydrogen (secondary N) is 1. The molecule has 4 nitrogen and oxygen atoms in total. The number of piperidine rings is 1. The van der Waals surface area contributed by atoms with Crippen LogP contribution in [0.5, 0.6) is 0 Å². The van der Waals surface area contributed by atoms with Crippen molar-refractivity contribution in [3.05, 3.63) is 34.9 Å². The quantitative estimate of drug-likeness (QED) is 0.847. The van der Waals surface area contributed by atoms with E-state index >= 15 is 0 Å². The molecule has 1 aliphatic carbocycles. The minimum absolute atomic E-state index is 0.122. The summed E-state index contributed by atoms with van der Waals surface area (Å²) in [5, 5.41) is 3.99. The molecule has 5 heteroatoms. The fourth-order valence-corrected chi connectivity index (χ4v) is 4.73. The van der Waals surface area contributed by atoms with E-state index in [0.717, 1.165) is 43.9 Å². The summed E-state index contributed by atoms with van der Waals surface area (Å²) in [6.07, 6.45) is 7.36. The number of benzene rings is 1. The molecule has 1 N–H and O–H groups in total. The average molecular weight is 376 g/mol. The third-order valence-electron chi connectivity index (χ3n) is 6.41. The van der Waals surface area contributed by atoms with Crippen LogP contribution in [0.2, 0.25) is 5.02 Å². The SMILES string of the molecule is O=C(NCC1(c2ccc(Cl)cc2)CC1)N1CCCC(CN2CCCC2)C1. The van der Waals surface area contributed by atoms with Crippen LogP contribution < -0.4 is 5.32 Å². The van der Waals surface area contributed by atoms with Crippen molar-refractivity contribution in [1.29, 1.82) is 0 Å². The van der Waals surface area contributed by atoms with Crippen LogP contribution in [-0.4, -0.2) is 55.1 Å². The maximum atomic E-state index is 12.7. The fraction of sp³-hybridized carbons (Fsp3) is 0.667. The van der Waals surface area contributed by atoms with E-state index in [0.29, 0.717) is 5.92 Å². The van der Waals surface area contributed by atoms with Gasteiger partial charge < -0.3 is 15.1 Å². The first-order valence-electron chi connectivity index (χ1n) is 10.2. The van der Waals surface area contributed by atoms with Gasteiger partial charge in [0.2, 0.25) is 0 Å². The number of amides is 2. The monoisotopic (exact) mass is 375 g/mol. The van der Waals surface area contributed by atoms with Gasteiger partial charge in [0.1, 0.15) is 0 Å². The van der Waals surface area contributed by atoms with Crippen molar-refractivity contribution in [2.24, 2.45) is 5.92 Å². The van der Waals surface area contributed by atoms with Crippen molar-refractivity contribution in [2.45, 2.75) is 43.9 Å². The normalized spacial score (nSPS) is 25.3. The summed E-state index contributed by atoms with van der Waals surface area (Å²) in [7, 11) is 0. The molecule has 1 atom stereocenters. The summed E-state index contributed by atoms with van der Waals surface area (Å²) in [5.41, 5.74) is 1.43. The van der Waals surface area contributed by atoms with Gasteiger partial charge in [0.15, 0.2) is 0 Å². The fourth-order valence-electron chi connectivity index (χ4n) is 4.61. The van der Waals surface area contributed by atoms with Crippen molar-refractivity contribution >= 4 is 17.6 Å². The Balaban J connectivity index is 1.28. The van der Waals surface area contributed by atoms with Gasteiger partial charge in [0.05, 0.1) is 0 Å². The first-order chi connectivity index (χ1) is 12.6. The molecule has 0 radical (unpaired) electrons. The molecule has 0 bridgehead atoms. The first-order valence-corrected chi connectivity index (χ1v) is 10.5. The Morgan fingerprint density at radius 3 is 2.54 bits per heavy atom. The third-order valence-corrected chi connectivity index (χ3v) is 6.66.